The number of hydrogen-bond acceptors (Lipinski definition) is 5. The first-order chi connectivity index (χ1) is 17.3. The van der Waals surface area contributed by atoms with Crippen LogP contribution in [-0.4, -0.2) is 46.6 Å². The maximum absolute atomic E-state index is 13.5. The average Bonchev–Trinajstić information content (AvgIpc) is 3.23. The van der Waals surface area contributed by atoms with Crippen LogP contribution >= 0.6 is 0 Å². The Labute approximate surface area is 215 Å². The first-order valence-corrected chi connectivity index (χ1v) is 12.2. The summed E-state index contributed by atoms with van der Waals surface area (Å²) in [5.41, 5.74) is 1.49. The van der Waals surface area contributed by atoms with Crippen LogP contribution in [0.25, 0.3) is 16.5 Å². The molecule has 3 rings (SSSR count). The standard InChI is InChI=1S/C28H34F2N2O5/c1-6-18(8-9-19(7-2)25(34)32-12-10-28(29,30)11-13-32)20-14-21-15-22(36-24(21)23(33)16-20)17-31-26(35)37-27(3,4)5/h6-9,14-16,33H,10-13,17H2,1-5H3,(H,31,35)/b9-8-,18-6-,19-7+. The number of piperidine rings is 1. The van der Waals surface area contributed by atoms with Gasteiger partial charge in [-0.2, -0.15) is 0 Å². The highest BCUT2D eigenvalue weighted by atomic mass is 19.3. The zero-order valence-corrected chi connectivity index (χ0v) is 21.9. The summed E-state index contributed by atoms with van der Waals surface area (Å²) in [5, 5.41) is 13.8. The number of amides is 2. The SMILES string of the molecule is C/C=C(/C=C\C(=C/C)C(=O)N1CCC(F)(F)CC1)c1cc(O)c2oc(CNC(=O)OC(C)(C)C)cc2c1. The van der Waals surface area contributed by atoms with E-state index in [0.717, 1.165) is 5.57 Å². The second-order valence-electron chi connectivity index (χ2n) is 9.95. The highest BCUT2D eigenvalue weighted by molar-refractivity contribution is 5.97. The predicted molar refractivity (Wildman–Crippen MR) is 138 cm³/mol. The van der Waals surface area contributed by atoms with Crippen LogP contribution in [0.4, 0.5) is 13.6 Å². The minimum Gasteiger partial charge on any atom is -0.504 e. The Kier molecular flexibility index (Phi) is 8.46. The van der Waals surface area contributed by atoms with Crippen molar-refractivity contribution >= 4 is 28.5 Å². The monoisotopic (exact) mass is 516 g/mol. The van der Waals surface area contributed by atoms with Crippen molar-refractivity contribution < 1.29 is 32.6 Å². The quantitative estimate of drug-likeness (QED) is 0.346. The van der Waals surface area contributed by atoms with Crippen molar-refractivity contribution in [2.75, 3.05) is 13.1 Å². The fraction of sp³-hybridized carbons (Fsp3) is 0.429. The number of aromatic hydroxyl groups is 1. The summed E-state index contributed by atoms with van der Waals surface area (Å²) in [5.74, 6) is -2.64. The molecule has 1 saturated heterocycles. The lowest BCUT2D eigenvalue weighted by atomic mass is 10.0. The first-order valence-electron chi connectivity index (χ1n) is 12.2. The minimum absolute atomic E-state index is 0.0175. The number of alkyl carbamates (subject to hydrolysis) is 1. The molecule has 37 heavy (non-hydrogen) atoms. The van der Waals surface area contributed by atoms with Gasteiger partial charge in [-0.05, 0) is 70.0 Å². The molecule has 2 heterocycles. The fourth-order valence-electron chi connectivity index (χ4n) is 3.96. The Morgan fingerprint density at radius 1 is 1.14 bits per heavy atom. The molecule has 1 aromatic carbocycles. The van der Waals surface area contributed by atoms with Gasteiger partial charge in [-0.15, -0.1) is 0 Å². The van der Waals surface area contributed by atoms with E-state index in [4.69, 9.17) is 9.15 Å². The number of halogens is 2. The molecule has 2 amide bonds. The molecule has 0 saturated carbocycles. The lowest BCUT2D eigenvalue weighted by Crippen LogP contribution is -2.43. The summed E-state index contributed by atoms with van der Waals surface area (Å²) in [4.78, 5) is 26.2. The highest BCUT2D eigenvalue weighted by Crippen LogP contribution is 2.33. The van der Waals surface area contributed by atoms with Crippen molar-refractivity contribution in [3.05, 3.63) is 59.4 Å². The lowest BCUT2D eigenvalue weighted by molar-refractivity contribution is -0.132. The first kappa shape index (κ1) is 28.0. The molecule has 0 spiro atoms. The van der Waals surface area contributed by atoms with Crippen LogP contribution in [-0.2, 0) is 16.1 Å². The molecular formula is C28H34F2N2O5. The highest BCUT2D eigenvalue weighted by Gasteiger charge is 2.35. The van der Waals surface area contributed by atoms with Gasteiger partial charge in [-0.25, -0.2) is 13.6 Å². The van der Waals surface area contributed by atoms with E-state index in [2.05, 4.69) is 5.32 Å². The predicted octanol–water partition coefficient (Wildman–Crippen LogP) is 6.33. The largest absolute Gasteiger partial charge is 0.504 e. The number of carbonyl (C=O) groups excluding carboxylic acids is 2. The summed E-state index contributed by atoms with van der Waals surface area (Å²) >= 11 is 0. The van der Waals surface area contributed by atoms with E-state index < -0.39 is 17.6 Å². The molecule has 200 valence electrons. The van der Waals surface area contributed by atoms with Crippen LogP contribution in [0.3, 0.4) is 0 Å². The molecule has 0 atom stereocenters. The Bertz CT molecular complexity index is 1240. The summed E-state index contributed by atoms with van der Waals surface area (Å²) < 4.78 is 37.9. The number of allylic oxidation sites excluding steroid dienone is 4. The molecule has 0 bridgehead atoms. The number of furan rings is 1. The number of nitrogens with zero attached hydrogens (tertiary/aromatic N) is 1. The Morgan fingerprint density at radius 2 is 1.81 bits per heavy atom. The van der Waals surface area contributed by atoms with Crippen LogP contribution in [0.5, 0.6) is 5.75 Å². The third kappa shape index (κ3) is 7.44. The van der Waals surface area contributed by atoms with Gasteiger partial charge < -0.3 is 24.5 Å². The molecule has 1 fully saturated rings. The van der Waals surface area contributed by atoms with Gasteiger partial charge in [0, 0.05) is 36.9 Å². The molecule has 1 aromatic heterocycles. The average molecular weight is 517 g/mol. The van der Waals surface area contributed by atoms with Crippen LogP contribution in [0.1, 0.15) is 58.8 Å². The van der Waals surface area contributed by atoms with Crippen molar-refractivity contribution in [2.24, 2.45) is 0 Å². The van der Waals surface area contributed by atoms with Gasteiger partial charge in [0.15, 0.2) is 11.3 Å². The Balaban J connectivity index is 1.74. The Morgan fingerprint density at radius 3 is 2.41 bits per heavy atom. The second kappa shape index (κ2) is 11.2. The smallest absolute Gasteiger partial charge is 0.408 e. The second-order valence-corrected chi connectivity index (χ2v) is 9.95. The Hall–Kier alpha value is -3.62. The van der Waals surface area contributed by atoms with Gasteiger partial charge in [-0.3, -0.25) is 4.79 Å². The fourth-order valence-corrected chi connectivity index (χ4v) is 3.96. The van der Waals surface area contributed by atoms with E-state index >= 15 is 0 Å². The van der Waals surface area contributed by atoms with Gasteiger partial charge in [0.1, 0.15) is 11.4 Å². The molecule has 0 radical (unpaired) electrons. The summed E-state index contributed by atoms with van der Waals surface area (Å²) in [6, 6.07) is 5.11. The molecule has 0 aliphatic carbocycles. The molecule has 9 heteroatoms. The number of phenolic OH excluding ortho intramolecular Hbond substituents is 1. The minimum atomic E-state index is -2.72. The zero-order chi connectivity index (χ0) is 27.4. The van der Waals surface area contributed by atoms with Gasteiger partial charge in [0.05, 0.1) is 6.54 Å². The van der Waals surface area contributed by atoms with Crippen molar-refractivity contribution in [2.45, 2.75) is 65.5 Å². The van der Waals surface area contributed by atoms with Crippen LogP contribution in [0.2, 0.25) is 0 Å². The number of phenols is 1. The third-order valence-electron chi connectivity index (χ3n) is 5.88. The van der Waals surface area contributed by atoms with Crippen molar-refractivity contribution in [1.29, 1.82) is 0 Å². The number of benzene rings is 1. The van der Waals surface area contributed by atoms with E-state index in [-0.39, 0.29) is 49.7 Å². The van der Waals surface area contributed by atoms with E-state index in [1.54, 1.807) is 58.1 Å². The number of hydrogen-bond donors (Lipinski definition) is 2. The summed E-state index contributed by atoms with van der Waals surface area (Å²) in [7, 11) is 0. The number of fused-ring (bicyclic) bond motifs is 1. The molecule has 7 nitrogen and oxygen atoms in total. The number of nitrogens with one attached hydrogen (secondary N) is 1. The van der Waals surface area contributed by atoms with Crippen LogP contribution in [0, 0.1) is 0 Å². The normalized spacial score (nSPS) is 16.9. The lowest BCUT2D eigenvalue weighted by Gasteiger charge is -2.32. The van der Waals surface area contributed by atoms with Gasteiger partial charge in [0.2, 0.25) is 0 Å². The number of likely N-dealkylation sites (tertiary alicyclic amines) is 1. The van der Waals surface area contributed by atoms with E-state index in [1.807, 2.05) is 19.1 Å². The van der Waals surface area contributed by atoms with Gasteiger partial charge in [-0.1, -0.05) is 18.2 Å². The molecule has 2 aromatic rings. The van der Waals surface area contributed by atoms with Crippen molar-refractivity contribution in [1.82, 2.24) is 10.2 Å². The van der Waals surface area contributed by atoms with E-state index in [0.29, 0.717) is 22.3 Å². The van der Waals surface area contributed by atoms with Crippen molar-refractivity contribution in [3.8, 4) is 5.75 Å². The van der Waals surface area contributed by atoms with Gasteiger partial charge >= 0.3 is 6.09 Å². The summed E-state index contributed by atoms with van der Waals surface area (Å²) in [6.07, 6.45) is 5.64. The van der Waals surface area contributed by atoms with E-state index in [9.17, 15) is 23.5 Å². The molecule has 2 N–H and O–H groups in total. The number of carbonyl (C=O) groups is 2. The maximum atomic E-state index is 13.5. The number of ether oxygens (including phenoxy) is 1. The number of alkyl halides is 2. The zero-order valence-electron chi connectivity index (χ0n) is 21.9. The third-order valence-corrected chi connectivity index (χ3v) is 5.88. The number of rotatable bonds is 6. The molecular weight excluding hydrogens is 482 g/mol. The van der Waals surface area contributed by atoms with E-state index in [1.165, 1.54) is 4.90 Å². The van der Waals surface area contributed by atoms with Crippen LogP contribution < -0.4 is 5.32 Å². The van der Waals surface area contributed by atoms with Crippen molar-refractivity contribution in [3.63, 3.8) is 0 Å². The molecule has 0 unspecified atom stereocenters. The van der Waals surface area contributed by atoms with Gasteiger partial charge in [0.25, 0.3) is 11.8 Å². The summed E-state index contributed by atoms with van der Waals surface area (Å²) in [6.45, 7) is 8.98. The van der Waals surface area contributed by atoms with Crippen LogP contribution in [0.15, 0.2) is 52.5 Å². The molecule has 1 aliphatic rings. The maximum Gasteiger partial charge on any atom is 0.408 e. The topological polar surface area (TPSA) is 92.0 Å². The molecule has 1 aliphatic heterocycles.